The lowest BCUT2D eigenvalue weighted by atomic mass is 9.70. The zero-order chi connectivity index (χ0) is 20.2. The molecular weight excluding hydrogens is 362 g/mol. The summed E-state index contributed by atoms with van der Waals surface area (Å²) in [5.74, 6) is 0.266. The number of hydrogen-bond acceptors (Lipinski definition) is 3. The second-order valence-corrected chi connectivity index (χ2v) is 8.90. The molecule has 2 N–H and O–H groups in total. The van der Waals surface area contributed by atoms with Crippen LogP contribution in [0.4, 0.5) is 0 Å². The zero-order valence-corrected chi connectivity index (χ0v) is 17.8. The summed E-state index contributed by atoms with van der Waals surface area (Å²) in [4.78, 5) is 27.0. The van der Waals surface area contributed by atoms with Gasteiger partial charge in [-0.1, -0.05) is 51.4 Å². The van der Waals surface area contributed by atoms with E-state index in [1.165, 1.54) is 5.56 Å². The lowest BCUT2D eigenvalue weighted by Gasteiger charge is -2.45. The molecule has 0 spiro atoms. The summed E-state index contributed by atoms with van der Waals surface area (Å²) < 4.78 is 0. The first-order chi connectivity index (χ1) is 12.7. The molecule has 1 aliphatic rings. The van der Waals surface area contributed by atoms with Gasteiger partial charge in [0.25, 0.3) is 0 Å². The zero-order valence-electron chi connectivity index (χ0n) is 17.0. The van der Waals surface area contributed by atoms with E-state index < -0.39 is 6.04 Å². The number of piperidine rings is 1. The summed E-state index contributed by atoms with van der Waals surface area (Å²) in [5.41, 5.74) is 1.21. The summed E-state index contributed by atoms with van der Waals surface area (Å²) in [6, 6.07) is 7.53. The monoisotopic (exact) mass is 393 g/mol. The van der Waals surface area contributed by atoms with E-state index in [2.05, 4.69) is 36.6 Å². The third-order valence-corrected chi connectivity index (χ3v) is 5.65. The normalized spacial score (nSPS) is 20.4. The van der Waals surface area contributed by atoms with Crippen molar-refractivity contribution >= 4 is 23.4 Å². The Balaban J connectivity index is 2.10. The molecule has 27 heavy (non-hydrogen) atoms. The van der Waals surface area contributed by atoms with E-state index in [1.54, 1.807) is 7.05 Å². The van der Waals surface area contributed by atoms with E-state index in [4.69, 9.17) is 11.6 Å². The van der Waals surface area contributed by atoms with Crippen LogP contribution in [0.5, 0.6) is 0 Å². The third-order valence-electron chi connectivity index (χ3n) is 5.40. The van der Waals surface area contributed by atoms with Gasteiger partial charge in [0.15, 0.2) is 0 Å². The van der Waals surface area contributed by atoms with Gasteiger partial charge in [0.2, 0.25) is 11.8 Å². The van der Waals surface area contributed by atoms with Crippen molar-refractivity contribution in [2.75, 3.05) is 26.7 Å². The molecule has 1 aromatic carbocycles. The molecule has 0 aliphatic carbocycles. The van der Waals surface area contributed by atoms with Crippen molar-refractivity contribution in [1.82, 2.24) is 15.5 Å². The number of rotatable bonds is 6. The Hall–Kier alpha value is -1.59. The molecule has 0 aromatic heterocycles. The van der Waals surface area contributed by atoms with Crippen LogP contribution < -0.4 is 10.6 Å². The SMILES string of the molecule is CNCC(=O)N[C@@H](C(=O)N1CC[C@H](c2ccc(Cl)cc2)C(C)(C)C1)C(C)C. The molecule has 1 heterocycles. The van der Waals surface area contributed by atoms with Crippen LogP contribution in [0.25, 0.3) is 0 Å². The Morgan fingerprint density at radius 1 is 1.26 bits per heavy atom. The molecule has 1 fully saturated rings. The van der Waals surface area contributed by atoms with Gasteiger partial charge in [-0.25, -0.2) is 0 Å². The largest absolute Gasteiger partial charge is 0.343 e. The van der Waals surface area contributed by atoms with Gasteiger partial charge in [0.05, 0.1) is 6.54 Å². The minimum atomic E-state index is -0.492. The van der Waals surface area contributed by atoms with E-state index in [9.17, 15) is 9.59 Å². The second kappa shape index (κ2) is 9.07. The minimum absolute atomic E-state index is 0.0112. The molecule has 6 heteroatoms. The number of likely N-dealkylation sites (tertiary alicyclic amines) is 1. The van der Waals surface area contributed by atoms with Gasteiger partial charge in [-0.05, 0) is 48.4 Å². The van der Waals surface area contributed by atoms with Crippen LogP contribution in [0.1, 0.15) is 45.6 Å². The Morgan fingerprint density at radius 2 is 1.89 bits per heavy atom. The minimum Gasteiger partial charge on any atom is -0.343 e. The van der Waals surface area contributed by atoms with Crippen LogP contribution in [0.2, 0.25) is 5.02 Å². The van der Waals surface area contributed by atoms with Crippen molar-refractivity contribution < 1.29 is 9.59 Å². The number of nitrogens with one attached hydrogen (secondary N) is 2. The maximum Gasteiger partial charge on any atom is 0.245 e. The smallest absolute Gasteiger partial charge is 0.245 e. The molecule has 0 saturated carbocycles. The van der Waals surface area contributed by atoms with Gasteiger partial charge >= 0.3 is 0 Å². The van der Waals surface area contributed by atoms with E-state index in [0.717, 1.165) is 11.4 Å². The first-order valence-electron chi connectivity index (χ1n) is 9.64. The van der Waals surface area contributed by atoms with Crippen molar-refractivity contribution in [3.63, 3.8) is 0 Å². The number of likely N-dealkylation sites (N-methyl/N-ethyl adjacent to an activating group) is 1. The topological polar surface area (TPSA) is 61.4 Å². The predicted octanol–water partition coefficient (Wildman–Crippen LogP) is 3.04. The Kier molecular flexibility index (Phi) is 7.29. The molecule has 0 unspecified atom stereocenters. The van der Waals surface area contributed by atoms with Crippen LogP contribution in [0.3, 0.4) is 0 Å². The average molecular weight is 394 g/mol. The molecule has 2 amide bonds. The number of halogens is 1. The Bertz CT molecular complexity index is 658. The van der Waals surface area contributed by atoms with E-state index in [0.29, 0.717) is 19.0 Å². The highest BCUT2D eigenvalue weighted by atomic mass is 35.5. The lowest BCUT2D eigenvalue weighted by molar-refractivity contribution is -0.140. The highest BCUT2D eigenvalue weighted by Crippen LogP contribution is 2.42. The summed E-state index contributed by atoms with van der Waals surface area (Å²) in [5, 5.41) is 6.45. The van der Waals surface area contributed by atoms with Crippen molar-refractivity contribution in [2.24, 2.45) is 11.3 Å². The summed E-state index contributed by atoms with van der Waals surface area (Å²) in [7, 11) is 1.72. The summed E-state index contributed by atoms with van der Waals surface area (Å²) in [6.07, 6.45) is 0.898. The molecule has 2 atom stereocenters. The fourth-order valence-electron chi connectivity index (χ4n) is 3.95. The maximum absolute atomic E-state index is 13.1. The molecule has 0 radical (unpaired) electrons. The van der Waals surface area contributed by atoms with E-state index >= 15 is 0 Å². The maximum atomic E-state index is 13.1. The summed E-state index contributed by atoms with van der Waals surface area (Å²) in [6.45, 7) is 9.92. The predicted molar refractivity (Wildman–Crippen MR) is 110 cm³/mol. The number of carbonyl (C=O) groups excluding carboxylic acids is 2. The van der Waals surface area contributed by atoms with Crippen molar-refractivity contribution in [3.05, 3.63) is 34.9 Å². The number of nitrogens with zero attached hydrogens (tertiary/aromatic N) is 1. The van der Waals surface area contributed by atoms with Crippen molar-refractivity contribution in [3.8, 4) is 0 Å². The molecule has 5 nitrogen and oxygen atoms in total. The van der Waals surface area contributed by atoms with Crippen LogP contribution in [-0.4, -0.2) is 49.4 Å². The summed E-state index contributed by atoms with van der Waals surface area (Å²) >= 11 is 6.02. The number of hydrogen-bond donors (Lipinski definition) is 2. The molecule has 2 rings (SSSR count). The standard InChI is InChI=1S/C21H32ClN3O2/c1-14(2)19(24-18(26)12-23-5)20(27)25-11-10-17(21(3,4)13-25)15-6-8-16(22)9-7-15/h6-9,14,17,19,23H,10-13H2,1-5H3,(H,24,26)/t17-,19-/m1/s1. The van der Waals surface area contributed by atoms with Crippen LogP contribution in [-0.2, 0) is 9.59 Å². The van der Waals surface area contributed by atoms with Gasteiger partial charge in [0, 0.05) is 18.1 Å². The van der Waals surface area contributed by atoms with Gasteiger partial charge in [-0.2, -0.15) is 0 Å². The Morgan fingerprint density at radius 3 is 2.41 bits per heavy atom. The number of benzene rings is 1. The van der Waals surface area contributed by atoms with Crippen LogP contribution >= 0.6 is 11.6 Å². The lowest BCUT2D eigenvalue weighted by Crippen LogP contribution is -2.56. The molecular formula is C21H32ClN3O2. The third kappa shape index (κ3) is 5.45. The van der Waals surface area contributed by atoms with Crippen molar-refractivity contribution in [2.45, 2.75) is 46.1 Å². The van der Waals surface area contributed by atoms with E-state index in [-0.39, 0.29) is 29.7 Å². The molecule has 1 aromatic rings. The average Bonchev–Trinajstić information content (AvgIpc) is 2.59. The molecule has 150 valence electrons. The van der Waals surface area contributed by atoms with Crippen LogP contribution in [0.15, 0.2) is 24.3 Å². The number of amides is 2. The molecule has 0 bridgehead atoms. The van der Waals surface area contributed by atoms with Crippen molar-refractivity contribution in [1.29, 1.82) is 0 Å². The van der Waals surface area contributed by atoms with Gasteiger partial charge in [-0.15, -0.1) is 0 Å². The van der Waals surface area contributed by atoms with Gasteiger partial charge in [-0.3, -0.25) is 9.59 Å². The van der Waals surface area contributed by atoms with Gasteiger partial charge < -0.3 is 15.5 Å². The first kappa shape index (κ1) is 21.7. The second-order valence-electron chi connectivity index (χ2n) is 8.46. The number of carbonyl (C=O) groups is 2. The fourth-order valence-corrected chi connectivity index (χ4v) is 4.08. The molecule has 1 aliphatic heterocycles. The van der Waals surface area contributed by atoms with E-state index in [1.807, 2.05) is 30.9 Å². The van der Waals surface area contributed by atoms with Gasteiger partial charge in [0.1, 0.15) is 6.04 Å². The quantitative estimate of drug-likeness (QED) is 0.780. The highest BCUT2D eigenvalue weighted by Gasteiger charge is 2.40. The highest BCUT2D eigenvalue weighted by molar-refractivity contribution is 6.30. The molecule has 1 saturated heterocycles. The Labute approximate surface area is 167 Å². The van der Waals surface area contributed by atoms with Crippen LogP contribution in [0, 0.1) is 11.3 Å². The fraction of sp³-hybridized carbons (Fsp3) is 0.619. The first-order valence-corrected chi connectivity index (χ1v) is 10.0.